The molecular weight excluding hydrogens is 334 g/mol. The fourth-order valence-electron chi connectivity index (χ4n) is 4.32. The first kappa shape index (κ1) is 15.4. The molecule has 4 rings (SSSR count). The number of esters is 2. The molecule has 6 nitrogen and oxygen atoms in total. The van der Waals surface area contributed by atoms with Crippen molar-refractivity contribution in [1.82, 2.24) is 0 Å². The minimum Gasteiger partial charge on any atom is -0.462 e. The molecule has 0 radical (unpaired) electrons. The van der Waals surface area contributed by atoms with Gasteiger partial charge in [0.15, 0.2) is 6.61 Å². The number of hydrogen-bond acceptors (Lipinski definition) is 5. The summed E-state index contributed by atoms with van der Waals surface area (Å²) in [5, 5.41) is 3.11. The van der Waals surface area contributed by atoms with Crippen LogP contribution in [0.15, 0.2) is 24.3 Å². The summed E-state index contributed by atoms with van der Waals surface area (Å²) < 4.78 is 10.4. The molecule has 1 aromatic rings. The number of rotatable bonds is 4. The Labute approximate surface area is 143 Å². The summed E-state index contributed by atoms with van der Waals surface area (Å²) in [6, 6.07) is 6.70. The zero-order chi connectivity index (χ0) is 16.8. The molecule has 7 heteroatoms. The van der Waals surface area contributed by atoms with Crippen LogP contribution < -0.4 is 5.32 Å². The van der Waals surface area contributed by atoms with Gasteiger partial charge in [-0.1, -0.05) is 17.7 Å². The van der Waals surface area contributed by atoms with Crippen molar-refractivity contribution in [3.63, 3.8) is 0 Å². The predicted octanol–water partition coefficient (Wildman–Crippen LogP) is 2.02. The number of ether oxygens (including phenoxy) is 2. The van der Waals surface area contributed by atoms with E-state index >= 15 is 0 Å². The number of halogens is 1. The number of carbonyl (C=O) groups is 3. The van der Waals surface area contributed by atoms with Gasteiger partial charge in [0.25, 0.3) is 5.91 Å². The van der Waals surface area contributed by atoms with Crippen LogP contribution in [0.2, 0.25) is 5.02 Å². The summed E-state index contributed by atoms with van der Waals surface area (Å²) in [5.74, 6) is -1.82. The maximum absolute atomic E-state index is 12.3. The van der Waals surface area contributed by atoms with E-state index in [0.717, 1.165) is 12.8 Å². The summed E-state index contributed by atoms with van der Waals surface area (Å²) >= 11 is 5.85. The fraction of sp³-hybridized carbons (Fsp3) is 0.471. The number of carbonyl (C=O) groups excluding carboxylic acids is 3. The summed E-state index contributed by atoms with van der Waals surface area (Å²) in [4.78, 5) is 36.1. The lowest BCUT2D eigenvalue weighted by atomic mass is 9.80. The fourth-order valence-corrected chi connectivity index (χ4v) is 4.51. The lowest BCUT2D eigenvalue weighted by molar-refractivity contribution is -0.157. The molecule has 1 heterocycles. The number of amides is 1. The lowest BCUT2D eigenvalue weighted by Gasteiger charge is -2.22. The highest BCUT2D eigenvalue weighted by molar-refractivity contribution is 6.30. The summed E-state index contributed by atoms with van der Waals surface area (Å²) in [5.41, 5.74) is 0.533. The zero-order valence-electron chi connectivity index (χ0n) is 12.7. The van der Waals surface area contributed by atoms with E-state index in [2.05, 4.69) is 5.32 Å². The molecule has 3 aliphatic rings. The second-order valence-corrected chi connectivity index (χ2v) is 7.02. The highest BCUT2D eigenvalue weighted by Gasteiger charge is 2.64. The van der Waals surface area contributed by atoms with Gasteiger partial charge in [0.05, 0.1) is 11.8 Å². The Bertz CT molecular complexity index is 719. The maximum atomic E-state index is 12.3. The molecule has 2 saturated carbocycles. The summed E-state index contributed by atoms with van der Waals surface area (Å²) in [7, 11) is 0. The molecule has 0 aromatic heterocycles. The van der Waals surface area contributed by atoms with Gasteiger partial charge in [-0.05, 0) is 37.0 Å². The van der Waals surface area contributed by atoms with Gasteiger partial charge < -0.3 is 14.8 Å². The minimum atomic E-state index is -0.481. The van der Waals surface area contributed by atoms with Gasteiger partial charge in [-0.2, -0.15) is 0 Å². The van der Waals surface area contributed by atoms with Crippen LogP contribution >= 0.6 is 11.6 Å². The first-order chi connectivity index (χ1) is 11.5. The SMILES string of the molecule is O=C(COC(=O)[C@@H]1[C@H]2C[C@@H]3[C@@H]1C(=O)O[C@@H]3C2)Nc1cccc(Cl)c1. The molecule has 1 amide bonds. The van der Waals surface area contributed by atoms with E-state index in [1.165, 1.54) is 0 Å². The van der Waals surface area contributed by atoms with Crippen LogP contribution in [0.3, 0.4) is 0 Å². The second-order valence-electron chi connectivity index (χ2n) is 6.59. The molecule has 3 fully saturated rings. The third kappa shape index (κ3) is 2.55. The Morgan fingerprint density at radius 1 is 1.33 bits per heavy atom. The number of anilines is 1. The predicted molar refractivity (Wildman–Crippen MR) is 84.1 cm³/mol. The molecule has 1 aliphatic heterocycles. The standard InChI is InChI=1S/C17H16ClNO5/c18-9-2-1-3-10(6-9)19-13(20)7-23-16(21)14-8-4-11-12(5-8)24-17(22)15(11)14/h1-3,6,8,11-12,14-15H,4-5,7H2,(H,19,20)/t8-,11-,12+,14+,15-/m0/s1. The average molecular weight is 350 g/mol. The molecule has 24 heavy (non-hydrogen) atoms. The van der Waals surface area contributed by atoms with Crippen LogP contribution in [0.5, 0.6) is 0 Å². The van der Waals surface area contributed by atoms with E-state index in [1.54, 1.807) is 24.3 Å². The Kier molecular flexibility index (Phi) is 3.72. The van der Waals surface area contributed by atoms with Crippen molar-refractivity contribution in [2.75, 3.05) is 11.9 Å². The zero-order valence-corrected chi connectivity index (χ0v) is 13.5. The number of hydrogen-bond donors (Lipinski definition) is 1. The van der Waals surface area contributed by atoms with E-state index in [1.807, 2.05) is 0 Å². The number of nitrogens with one attached hydrogen (secondary N) is 1. The Morgan fingerprint density at radius 2 is 2.17 bits per heavy atom. The molecule has 5 atom stereocenters. The van der Waals surface area contributed by atoms with Crippen molar-refractivity contribution >= 4 is 35.1 Å². The highest BCUT2D eigenvalue weighted by atomic mass is 35.5. The van der Waals surface area contributed by atoms with Gasteiger partial charge in [-0.25, -0.2) is 0 Å². The number of fused-ring (bicyclic) bond motifs is 1. The van der Waals surface area contributed by atoms with Crippen molar-refractivity contribution < 1.29 is 23.9 Å². The Balaban J connectivity index is 1.34. The molecule has 126 valence electrons. The van der Waals surface area contributed by atoms with Crippen molar-refractivity contribution in [3.05, 3.63) is 29.3 Å². The maximum Gasteiger partial charge on any atom is 0.310 e. The molecule has 0 unspecified atom stereocenters. The quantitative estimate of drug-likeness (QED) is 0.841. The third-order valence-corrected chi connectivity index (χ3v) is 5.44. The smallest absolute Gasteiger partial charge is 0.310 e. The molecule has 0 spiro atoms. The van der Waals surface area contributed by atoms with Crippen molar-refractivity contribution in [2.45, 2.75) is 18.9 Å². The highest BCUT2D eigenvalue weighted by Crippen LogP contribution is 2.57. The topological polar surface area (TPSA) is 81.7 Å². The minimum absolute atomic E-state index is 0.0253. The van der Waals surface area contributed by atoms with Crippen LogP contribution in [0.4, 0.5) is 5.69 Å². The lowest BCUT2D eigenvalue weighted by Crippen LogP contribution is -2.34. The Hall–Kier alpha value is -2.08. The summed E-state index contributed by atoms with van der Waals surface area (Å²) in [6.07, 6.45) is 1.53. The first-order valence-corrected chi connectivity index (χ1v) is 8.33. The van der Waals surface area contributed by atoms with Crippen molar-refractivity contribution in [3.8, 4) is 0 Å². The van der Waals surface area contributed by atoms with Crippen LogP contribution in [0, 0.1) is 23.7 Å². The third-order valence-electron chi connectivity index (χ3n) is 5.21. The van der Waals surface area contributed by atoms with Gasteiger partial charge in [0, 0.05) is 16.6 Å². The van der Waals surface area contributed by atoms with E-state index in [4.69, 9.17) is 21.1 Å². The monoisotopic (exact) mass is 349 g/mol. The second kappa shape index (κ2) is 5.77. The van der Waals surface area contributed by atoms with Gasteiger partial charge in [-0.3, -0.25) is 14.4 Å². The molecular formula is C17H16ClNO5. The average Bonchev–Trinajstić information content (AvgIpc) is 3.14. The van der Waals surface area contributed by atoms with Crippen molar-refractivity contribution in [1.29, 1.82) is 0 Å². The van der Waals surface area contributed by atoms with E-state index in [9.17, 15) is 14.4 Å². The van der Waals surface area contributed by atoms with E-state index < -0.39 is 23.7 Å². The number of benzene rings is 1. The normalized spacial score (nSPS) is 32.5. The molecule has 1 saturated heterocycles. The first-order valence-electron chi connectivity index (χ1n) is 7.95. The molecule has 1 aromatic carbocycles. The molecule has 2 bridgehead atoms. The van der Waals surface area contributed by atoms with Gasteiger partial charge in [-0.15, -0.1) is 0 Å². The summed E-state index contributed by atoms with van der Waals surface area (Å²) in [6.45, 7) is -0.384. The molecule has 1 N–H and O–H groups in total. The Morgan fingerprint density at radius 3 is 2.96 bits per heavy atom. The van der Waals surface area contributed by atoms with Crippen LogP contribution in [0.25, 0.3) is 0 Å². The van der Waals surface area contributed by atoms with Crippen molar-refractivity contribution in [2.24, 2.45) is 23.7 Å². The van der Waals surface area contributed by atoms with Crippen LogP contribution in [-0.2, 0) is 23.9 Å². The van der Waals surface area contributed by atoms with Gasteiger partial charge in [0.1, 0.15) is 6.10 Å². The van der Waals surface area contributed by atoms with E-state index in [0.29, 0.717) is 10.7 Å². The van der Waals surface area contributed by atoms with Crippen LogP contribution in [-0.4, -0.2) is 30.6 Å². The van der Waals surface area contributed by atoms with E-state index in [-0.39, 0.29) is 30.5 Å². The largest absolute Gasteiger partial charge is 0.462 e. The van der Waals surface area contributed by atoms with Gasteiger partial charge in [0.2, 0.25) is 0 Å². The molecule has 2 aliphatic carbocycles. The van der Waals surface area contributed by atoms with Gasteiger partial charge >= 0.3 is 11.9 Å². The van der Waals surface area contributed by atoms with Crippen LogP contribution in [0.1, 0.15) is 12.8 Å².